The fourth-order valence-corrected chi connectivity index (χ4v) is 4.55. The van der Waals surface area contributed by atoms with E-state index in [-0.39, 0.29) is 11.7 Å². The molecule has 2 aliphatic carbocycles. The highest BCUT2D eigenvalue weighted by Crippen LogP contribution is 2.50. The lowest BCUT2D eigenvalue weighted by Gasteiger charge is -2.32. The molecular formula is C22H29N5O3. The molecule has 1 amide bonds. The number of rotatable bonds is 7. The van der Waals surface area contributed by atoms with E-state index in [0.717, 1.165) is 81.0 Å². The van der Waals surface area contributed by atoms with Gasteiger partial charge in [-0.3, -0.25) is 0 Å². The summed E-state index contributed by atoms with van der Waals surface area (Å²) in [6.07, 6.45) is 8.08. The molecule has 2 saturated carbocycles. The van der Waals surface area contributed by atoms with E-state index in [1.165, 1.54) is 6.42 Å². The number of hydrogen-bond acceptors (Lipinski definition) is 6. The van der Waals surface area contributed by atoms with Gasteiger partial charge in [-0.2, -0.15) is 0 Å². The molecule has 5 rings (SSSR count). The SMILES string of the molecule is CC1(OC(=O)N2CCC([C@H]3C[C@H]3CCOc3ccc(-n4cnnn4)cc3)CC2)CC1. The van der Waals surface area contributed by atoms with Gasteiger partial charge in [0.2, 0.25) is 0 Å². The van der Waals surface area contributed by atoms with E-state index in [0.29, 0.717) is 0 Å². The number of likely N-dealkylation sites (tertiary alicyclic amines) is 1. The Bertz CT molecular complexity index is 857. The molecule has 1 aliphatic heterocycles. The van der Waals surface area contributed by atoms with Gasteiger partial charge in [0.1, 0.15) is 17.7 Å². The van der Waals surface area contributed by atoms with E-state index >= 15 is 0 Å². The summed E-state index contributed by atoms with van der Waals surface area (Å²) in [6, 6.07) is 7.82. The van der Waals surface area contributed by atoms with Crippen LogP contribution in [-0.4, -0.2) is 56.5 Å². The smallest absolute Gasteiger partial charge is 0.410 e. The minimum absolute atomic E-state index is 0.111. The monoisotopic (exact) mass is 411 g/mol. The van der Waals surface area contributed by atoms with Crippen molar-refractivity contribution < 1.29 is 14.3 Å². The molecule has 8 nitrogen and oxygen atoms in total. The van der Waals surface area contributed by atoms with Gasteiger partial charge in [0.25, 0.3) is 0 Å². The van der Waals surface area contributed by atoms with Gasteiger partial charge < -0.3 is 14.4 Å². The third-order valence-corrected chi connectivity index (χ3v) is 6.88. The number of aromatic nitrogens is 4. The van der Waals surface area contributed by atoms with E-state index < -0.39 is 0 Å². The number of tetrazole rings is 1. The molecule has 1 aromatic carbocycles. The third-order valence-electron chi connectivity index (χ3n) is 6.88. The largest absolute Gasteiger partial charge is 0.494 e. The van der Waals surface area contributed by atoms with Crippen LogP contribution in [0.1, 0.15) is 45.4 Å². The zero-order valence-electron chi connectivity index (χ0n) is 17.4. The van der Waals surface area contributed by atoms with Crippen molar-refractivity contribution in [3.8, 4) is 11.4 Å². The van der Waals surface area contributed by atoms with Crippen LogP contribution in [0.3, 0.4) is 0 Å². The Morgan fingerprint density at radius 1 is 1.20 bits per heavy atom. The number of carbonyl (C=O) groups is 1. The maximum Gasteiger partial charge on any atom is 0.410 e. The van der Waals surface area contributed by atoms with Gasteiger partial charge in [-0.25, -0.2) is 9.48 Å². The zero-order valence-corrected chi connectivity index (χ0v) is 17.4. The standard InChI is InChI=1S/C22H29N5O3/c1-22(9-10-22)30-21(28)26-11-6-16(7-12-26)20-14-17(20)8-13-29-19-4-2-18(3-5-19)27-15-23-24-25-27/h2-5,15-17,20H,6-14H2,1H3/t17-,20-/m1/s1. The Labute approximate surface area is 176 Å². The predicted octanol–water partition coefficient (Wildman–Crippen LogP) is 3.47. The first kappa shape index (κ1) is 19.3. The topological polar surface area (TPSA) is 82.4 Å². The fraction of sp³-hybridized carbons (Fsp3) is 0.636. The molecule has 160 valence electrons. The molecule has 3 aliphatic rings. The Morgan fingerprint density at radius 3 is 2.63 bits per heavy atom. The average molecular weight is 412 g/mol. The number of ether oxygens (including phenoxy) is 2. The highest BCUT2D eigenvalue weighted by molar-refractivity contribution is 5.68. The molecule has 1 aromatic heterocycles. The molecule has 1 saturated heterocycles. The highest BCUT2D eigenvalue weighted by Gasteiger charge is 2.45. The number of piperidine rings is 1. The molecule has 0 bridgehead atoms. The van der Waals surface area contributed by atoms with E-state index in [1.54, 1.807) is 11.0 Å². The Kier molecular flexibility index (Phi) is 5.08. The van der Waals surface area contributed by atoms with E-state index in [2.05, 4.69) is 15.5 Å². The minimum Gasteiger partial charge on any atom is -0.494 e. The summed E-state index contributed by atoms with van der Waals surface area (Å²) >= 11 is 0. The molecule has 3 fully saturated rings. The molecule has 8 heteroatoms. The van der Waals surface area contributed by atoms with E-state index in [4.69, 9.17) is 9.47 Å². The summed E-state index contributed by atoms with van der Waals surface area (Å²) in [6.45, 7) is 4.45. The van der Waals surface area contributed by atoms with Crippen LogP contribution in [0, 0.1) is 17.8 Å². The quantitative estimate of drug-likeness (QED) is 0.694. The van der Waals surface area contributed by atoms with Crippen LogP contribution >= 0.6 is 0 Å². The second-order valence-electron chi connectivity index (χ2n) is 9.19. The van der Waals surface area contributed by atoms with E-state index in [9.17, 15) is 4.79 Å². The van der Waals surface area contributed by atoms with Gasteiger partial charge >= 0.3 is 6.09 Å². The number of benzene rings is 1. The summed E-state index contributed by atoms with van der Waals surface area (Å²) < 4.78 is 13.2. The fourth-order valence-electron chi connectivity index (χ4n) is 4.55. The van der Waals surface area contributed by atoms with Crippen LogP contribution in [0.5, 0.6) is 5.75 Å². The van der Waals surface area contributed by atoms with Crippen molar-refractivity contribution in [2.24, 2.45) is 17.8 Å². The molecular weight excluding hydrogens is 382 g/mol. The van der Waals surface area contributed by atoms with Crippen LogP contribution in [0.15, 0.2) is 30.6 Å². The zero-order chi connectivity index (χ0) is 20.6. The normalized spacial score (nSPS) is 25.0. The van der Waals surface area contributed by atoms with Crippen LogP contribution in [-0.2, 0) is 4.74 Å². The van der Waals surface area contributed by atoms with Gasteiger partial charge in [-0.15, -0.1) is 5.10 Å². The first-order valence-electron chi connectivity index (χ1n) is 11.0. The van der Waals surface area contributed by atoms with Crippen molar-refractivity contribution in [3.63, 3.8) is 0 Å². The van der Waals surface area contributed by atoms with Gasteiger partial charge in [0.15, 0.2) is 0 Å². The van der Waals surface area contributed by atoms with Crippen LogP contribution in [0.25, 0.3) is 5.69 Å². The van der Waals surface area contributed by atoms with Crippen molar-refractivity contribution in [2.45, 2.75) is 51.0 Å². The average Bonchev–Trinajstić information content (AvgIpc) is 3.63. The van der Waals surface area contributed by atoms with E-state index in [1.807, 2.05) is 36.1 Å². The lowest BCUT2D eigenvalue weighted by molar-refractivity contribution is 0.0473. The summed E-state index contributed by atoms with van der Waals surface area (Å²) in [5.41, 5.74) is 0.736. The van der Waals surface area contributed by atoms with Crippen LogP contribution in [0.4, 0.5) is 4.79 Å². The summed E-state index contributed by atoms with van der Waals surface area (Å²) in [5.74, 6) is 3.18. The van der Waals surface area contributed by atoms with Gasteiger partial charge in [-0.1, -0.05) is 0 Å². The minimum atomic E-state index is -0.177. The first-order valence-corrected chi connectivity index (χ1v) is 11.0. The number of carbonyl (C=O) groups excluding carboxylic acids is 1. The van der Waals surface area contributed by atoms with Crippen molar-refractivity contribution >= 4 is 6.09 Å². The summed E-state index contributed by atoms with van der Waals surface area (Å²) in [5, 5.41) is 11.2. The van der Waals surface area contributed by atoms with Crippen LogP contribution in [0.2, 0.25) is 0 Å². The van der Waals surface area contributed by atoms with Crippen LogP contribution < -0.4 is 4.74 Å². The van der Waals surface area contributed by atoms with Crippen molar-refractivity contribution in [2.75, 3.05) is 19.7 Å². The molecule has 0 radical (unpaired) electrons. The van der Waals surface area contributed by atoms with Crippen molar-refractivity contribution in [1.29, 1.82) is 0 Å². The number of nitrogens with zero attached hydrogens (tertiary/aromatic N) is 5. The third kappa shape index (κ3) is 4.42. The second kappa shape index (κ2) is 7.89. The lowest BCUT2D eigenvalue weighted by Crippen LogP contribution is -2.40. The number of hydrogen-bond donors (Lipinski definition) is 0. The highest BCUT2D eigenvalue weighted by atomic mass is 16.6. The number of amides is 1. The summed E-state index contributed by atoms with van der Waals surface area (Å²) in [4.78, 5) is 14.2. The maximum absolute atomic E-state index is 12.3. The molecule has 30 heavy (non-hydrogen) atoms. The maximum atomic E-state index is 12.3. The molecule has 0 N–H and O–H groups in total. The van der Waals surface area contributed by atoms with Gasteiger partial charge in [-0.05, 0) is 97.9 Å². The van der Waals surface area contributed by atoms with Gasteiger partial charge in [0.05, 0.1) is 12.3 Å². The second-order valence-corrected chi connectivity index (χ2v) is 9.19. The lowest BCUT2D eigenvalue weighted by atomic mass is 9.91. The van der Waals surface area contributed by atoms with Gasteiger partial charge in [0, 0.05) is 13.1 Å². The predicted molar refractivity (Wildman–Crippen MR) is 109 cm³/mol. The molecule has 0 unspecified atom stereocenters. The Morgan fingerprint density at radius 2 is 1.97 bits per heavy atom. The Balaban J connectivity index is 1.00. The Hall–Kier alpha value is -2.64. The molecule has 2 heterocycles. The van der Waals surface area contributed by atoms with Crippen molar-refractivity contribution in [3.05, 3.63) is 30.6 Å². The molecule has 2 aromatic rings. The van der Waals surface area contributed by atoms with Crippen molar-refractivity contribution in [1.82, 2.24) is 25.1 Å². The molecule has 0 spiro atoms. The summed E-state index contributed by atoms with van der Waals surface area (Å²) in [7, 11) is 0. The molecule has 2 atom stereocenters. The first-order chi connectivity index (χ1) is 14.6.